The van der Waals surface area contributed by atoms with Crippen molar-refractivity contribution in [1.82, 2.24) is 15.3 Å². The third kappa shape index (κ3) is 3.64. The summed E-state index contributed by atoms with van der Waals surface area (Å²) in [6, 6.07) is 4.42. The molecule has 2 aromatic rings. The van der Waals surface area contributed by atoms with Crippen LogP contribution in [-0.4, -0.2) is 22.4 Å². The molecule has 2 rings (SSSR count). The number of carbonyl (C=O) groups excluding carboxylic acids is 1. The minimum absolute atomic E-state index is 0.109. The summed E-state index contributed by atoms with van der Waals surface area (Å²) in [5, 5.41) is 2.77. The minimum Gasteiger partial charge on any atom is -0.352 e. The van der Waals surface area contributed by atoms with E-state index in [0.29, 0.717) is 18.5 Å². The van der Waals surface area contributed by atoms with Crippen LogP contribution in [-0.2, 0) is 11.2 Å². The van der Waals surface area contributed by atoms with Crippen molar-refractivity contribution in [2.24, 2.45) is 0 Å². The number of allylic oxidation sites excluding steroid dienone is 1. The first kappa shape index (κ1) is 13.3. The maximum Gasteiger partial charge on any atom is 0.243 e. The number of fused-ring (bicyclic) bond motifs is 1. The molecule has 100 valence electrons. The van der Waals surface area contributed by atoms with Crippen LogP contribution in [0.25, 0.3) is 11.0 Å². The molecule has 0 saturated carbocycles. The second-order valence-electron chi connectivity index (χ2n) is 4.61. The Morgan fingerprint density at radius 2 is 2.26 bits per heavy atom. The first-order valence-corrected chi connectivity index (χ1v) is 6.11. The van der Waals surface area contributed by atoms with Gasteiger partial charge in [-0.25, -0.2) is 9.37 Å². The number of hydrogen-bond acceptors (Lipinski definition) is 2. The van der Waals surface area contributed by atoms with Crippen molar-refractivity contribution in [3.63, 3.8) is 0 Å². The Balaban J connectivity index is 1.95. The predicted molar refractivity (Wildman–Crippen MR) is 72.2 cm³/mol. The molecule has 1 aromatic carbocycles. The lowest BCUT2D eigenvalue weighted by molar-refractivity contribution is -0.116. The zero-order chi connectivity index (χ0) is 13.8. The summed E-state index contributed by atoms with van der Waals surface area (Å²) < 4.78 is 13.0. The van der Waals surface area contributed by atoms with Crippen LogP contribution in [0.5, 0.6) is 0 Å². The van der Waals surface area contributed by atoms with Crippen LogP contribution >= 0.6 is 0 Å². The Bertz CT molecular complexity index is 627. The number of aromatic nitrogens is 2. The molecular weight excluding hydrogens is 245 g/mol. The lowest BCUT2D eigenvalue weighted by atomic mass is 10.3. The summed E-state index contributed by atoms with van der Waals surface area (Å²) in [6.45, 7) is 4.23. The number of nitrogens with one attached hydrogen (secondary N) is 2. The molecule has 1 aromatic heterocycles. The number of aromatic amines is 1. The van der Waals surface area contributed by atoms with Gasteiger partial charge in [0.25, 0.3) is 0 Å². The van der Waals surface area contributed by atoms with E-state index in [1.54, 1.807) is 12.1 Å². The summed E-state index contributed by atoms with van der Waals surface area (Å²) in [6.07, 6.45) is 2.13. The largest absolute Gasteiger partial charge is 0.352 e. The summed E-state index contributed by atoms with van der Waals surface area (Å²) in [5.74, 6) is 0.333. The molecule has 0 radical (unpaired) electrons. The van der Waals surface area contributed by atoms with Crippen molar-refractivity contribution in [2.45, 2.75) is 20.3 Å². The number of H-pyrrole nitrogens is 1. The summed E-state index contributed by atoms with van der Waals surface area (Å²) in [4.78, 5) is 18.7. The molecule has 0 aliphatic heterocycles. The van der Waals surface area contributed by atoms with Crippen LogP contribution in [0.4, 0.5) is 4.39 Å². The van der Waals surface area contributed by atoms with Crippen LogP contribution < -0.4 is 5.32 Å². The van der Waals surface area contributed by atoms with Gasteiger partial charge in [-0.15, -0.1) is 0 Å². The maximum absolute atomic E-state index is 13.0. The van der Waals surface area contributed by atoms with E-state index in [4.69, 9.17) is 0 Å². The van der Waals surface area contributed by atoms with Gasteiger partial charge in [0.1, 0.15) is 11.6 Å². The maximum atomic E-state index is 13.0. The van der Waals surface area contributed by atoms with Gasteiger partial charge in [-0.05, 0) is 32.0 Å². The highest BCUT2D eigenvalue weighted by Crippen LogP contribution is 2.12. The van der Waals surface area contributed by atoms with Crippen molar-refractivity contribution in [3.05, 3.63) is 41.5 Å². The topological polar surface area (TPSA) is 57.8 Å². The van der Waals surface area contributed by atoms with Crippen LogP contribution in [0.15, 0.2) is 29.8 Å². The van der Waals surface area contributed by atoms with Crippen molar-refractivity contribution < 1.29 is 9.18 Å². The summed E-state index contributed by atoms with van der Waals surface area (Å²) >= 11 is 0. The Hall–Kier alpha value is -2.17. The second kappa shape index (κ2) is 5.65. The van der Waals surface area contributed by atoms with Crippen LogP contribution in [0.2, 0.25) is 0 Å². The molecular formula is C14H16FN3O. The van der Waals surface area contributed by atoms with Gasteiger partial charge in [-0.3, -0.25) is 4.79 Å². The van der Waals surface area contributed by atoms with E-state index in [1.807, 2.05) is 13.8 Å². The third-order valence-electron chi connectivity index (χ3n) is 2.57. The van der Waals surface area contributed by atoms with E-state index >= 15 is 0 Å². The molecule has 1 amide bonds. The van der Waals surface area contributed by atoms with Gasteiger partial charge in [0.15, 0.2) is 0 Å². The second-order valence-corrected chi connectivity index (χ2v) is 4.61. The van der Waals surface area contributed by atoms with Gasteiger partial charge in [0, 0.05) is 19.0 Å². The van der Waals surface area contributed by atoms with E-state index in [2.05, 4.69) is 15.3 Å². The Kier molecular flexibility index (Phi) is 3.94. The molecule has 0 unspecified atom stereocenters. The van der Waals surface area contributed by atoms with Gasteiger partial charge in [-0.2, -0.15) is 0 Å². The molecule has 0 aliphatic rings. The van der Waals surface area contributed by atoms with E-state index < -0.39 is 0 Å². The van der Waals surface area contributed by atoms with Gasteiger partial charge in [0.2, 0.25) is 5.91 Å². The molecule has 4 nitrogen and oxygen atoms in total. The average Bonchev–Trinajstić information content (AvgIpc) is 2.69. The standard InChI is InChI=1S/C14H16FN3O/c1-9(2)7-14(19)16-6-5-13-17-11-4-3-10(15)8-12(11)18-13/h3-4,7-8H,5-6H2,1-2H3,(H,16,19)(H,17,18). The summed E-state index contributed by atoms with van der Waals surface area (Å²) in [7, 11) is 0. The van der Waals surface area contributed by atoms with E-state index in [9.17, 15) is 9.18 Å². The van der Waals surface area contributed by atoms with Crippen molar-refractivity contribution in [3.8, 4) is 0 Å². The Labute approximate surface area is 110 Å². The monoisotopic (exact) mass is 261 g/mol. The zero-order valence-electron chi connectivity index (χ0n) is 11.0. The predicted octanol–water partition coefficient (Wildman–Crippen LogP) is 2.33. The number of imidazole rings is 1. The highest BCUT2D eigenvalue weighted by molar-refractivity contribution is 5.88. The molecule has 0 aliphatic carbocycles. The normalized spacial score (nSPS) is 10.5. The average molecular weight is 261 g/mol. The number of carbonyl (C=O) groups is 1. The number of amides is 1. The number of nitrogens with zero attached hydrogens (tertiary/aromatic N) is 1. The smallest absolute Gasteiger partial charge is 0.243 e. The molecule has 0 spiro atoms. The molecule has 5 heteroatoms. The molecule has 2 N–H and O–H groups in total. The molecule has 19 heavy (non-hydrogen) atoms. The van der Waals surface area contributed by atoms with Crippen LogP contribution in [0.3, 0.4) is 0 Å². The van der Waals surface area contributed by atoms with E-state index in [0.717, 1.165) is 16.9 Å². The van der Waals surface area contributed by atoms with Crippen LogP contribution in [0.1, 0.15) is 19.7 Å². The fraction of sp³-hybridized carbons (Fsp3) is 0.286. The minimum atomic E-state index is -0.292. The van der Waals surface area contributed by atoms with Crippen LogP contribution in [0, 0.1) is 5.82 Å². The van der Waals surface area contributed by atoms with Crippen molar-refractivity contribution in [1.29, 1.82) is 0 Å². The van der Waals surface area contributed by atoms with Crippen molar-refractivity contribution >= 4 is 16.9 Å². The number of benzene rings is 1. The van der Waals surface area contributed by atoms with E-state index in [1.165, 1.54) is 12.1 Å². The Morgan fingerprint density at radius 1 is 1.47 bits per heavy atom. The highest BCUT2D eigenvalue weighted by Gasteiger charge is 2.04. The number of halogens is 1. The molecule has 0 saturated heterocycles. The quantitative estimate of drug-likeness (QED) is 0.830. The molecule has 1 heterocycles. The zero-order valence-corrected chi connectivity index (χ0v) is 11.0. The van der Waals surface area contributed by atoms with Gasteiger partial charge >= 0.3 is 0 Å². The third-order valence-corrected chi connectivity index (χ3v) is 2.57. The Morgan fingerprint density at radius 3 is 3.00 bits per heavy atom. The first-order valence-electron chi connectivity index (χ1n) is 6.11. The fourth-order valence-electron chi connectivity index (χ4n) is 1.77. The molecule has 0 fully saturated rings. The van der Waals surface area contributed by atoms with Gasteiger partial charge < -0.3 is 10.3 Å². The van der Waals surface area contributed by atoms with Gasteiger partial charge in [0.05, 0.1) is 11.0 Å². The van der Waals surface area contributed by atoms with Gasteiger partial charge in [-0.1, -0.05) is 5.57 Å². The number of rotatable bonds is 4. The fourth-order valence-corrected chi connectivity index (χ4v) is 1.77. The SMILES string of the molecule is CC(C)=CC(=O)NCCc1nc2ccc(F)cc2[nH]1. The molecule has 0 bridgehead atoms. The highest BCUT2D eigenvalue weighted by atomic mass is 19.1. The molecule has 0 atom stereocenters. The van der Waals surface area contributed by atoms with E-state index in [-0.39, 0.29) is 11.7 Å². The lowest BCUT2D eigenvalue weighted by Crippen LogP contribution is -2.24. The lowest BCUT2D eigenvalue weighted by Gasteiger charge is -2.00. The first-order chi connectivity index (χ1) is 9.04. The van der Waals surface area contributed by atoms with Crippen molar-refractivity contribution in [2.75, 3.05) is 6.54 Å². The summed E-state index contributed by atoms with van der Waals surface area (Å²) in [5.41, 5.74) is 2.36. The number of hydrogen-bond donors (Lipinski definition) is 2.